The molecule has 17 heavy (non-hydrogen) atoms. The molecule has 0 saturated heterocycles. The van der Waals surface area contributed by atoms with Crippen LogP contribution in [0.1, 0.15) is 5.56 Å². The Kier molecular flexibility index (Phi) is 2.11. The number of anilines is 1. The number of rotatable bonds is 1. The first kappa shape index (κ1) is 9.90. The summed E-state index contributed by atoms with van der Waals surface area (Å²) in [5.74, 6) is 0.781. The number of hydrogen-bond acceptors (Lipinski definition) is 3. The smallest absolute Gasteiger partial charge is 0.154 e. The Morgan fingerprint density at radius 1 is 1.18 bits per heavy atom. The van der Waals surface area contributed by atoms with Crippen LogP contribution in [0.15, 0.2) is 47.0 Å². The molecule has 0 aliphatic heterocycles. The Balaban J connectivity index is 2.20. The second-order valence-corrected chi connectivity index (χ2v) is 4.08. The number of nitrogens with two attached hydrogens (primary N) is 1. The Morgan fingerprint density at radius 2 is 2.00 bits per heavy atom. The minimum Gasteiger partial charge on any atom is -0.454 e. The van der Waals surface area contributed by atoms with E-state index in [-0.39, 0.29) is 0 Å². The van der Waals surface area contributed by atoms with Gasteiger partial charge in [0.15, 0.2) is 5.76 Å². The number of nitrogens with zero attached hydrogens (tertiary/aromatic N) is 1. The number of nitrogen functional groups attached to an aromatic ring is 1. The van der Waals surface area contributed by atoms with Crippen LogP contribution in [0.25, 0.3) is 22.4 Å². The highest BCUT2D eigenvalue weighted by atomic mass is 16.3. The van der Waals surface area contributed by atoms with E-state index in [9.17, 15) is 0 Å². The van der Waals surface area contributed by atoms with Crippen molar-refractivity contribution in [3.05, 3.63) is 48.2 Å². The standard InChI is InChI=1S/C14H12N2O/c1-9-6-11(15)8-16-14(9)13-7-10-4-2-3-5-12(10)17-13/h2-8H,15H2,1H3. The van der Waals surface area contributed by atoms with Crippen molar-refractivity contribution in [3.8, 4) is 11.5 Å². The monoisotopic (exact) mass is 224 g/mol. The maximum absolute atomic E-state index is 5.77. The number of aryl methyl sites for hydroxylation is 1. The largest absolute Gasteiger partial charge is 0.454 e. The lowest BCUT2D eigenvalue weighted by Crippen LogP contribution is -1.91. The van der Waals surface area contributed by atoms with E-state index in [1.807, 2.05) is 43.3 Å². The fourth-order valence-electron chi connectivity index (χ4n) is 1.95. The molecule has 0 radical (unpaired) electrons. The molecule has 0 fully saturated rings. The number of aromatic nitrogens is 1. The van der Waals surface area contributed by atoms with Gasteiger partial charge in [-0.1, -0.05) is 18.2 Å². The van der Waals surface area contributed by atoms with Crippen molar-refractivity contribution in [1.29, 1.82) is 0 Å². The van der Waals surface area contributed by atoms with Gasteiger partial charge in [-0.05, 0) is 30.7 Å². The molecule has 0 aliphatic carbocycles. The number of pyridine rings is 1. The normalized spacial score (nSPS) is 10.9. The summed E-state index contributed by atoms with van der Waals surface area (Å²) in [6, 6.07) is 11.8. The molecule has 2 heterocycles. The molecule has 0 saturated carbocycles. The van der Waals surface area contributed by atoms with E-state index in [1.165, 1.54) is 0 Å². The van der Waals surface area contributed by atoms with Crippen LogP contribution in [0.4, 0.5) is 5.69 Å². The molecule has 0 bridgehead atoms. The summed E-state index contributed by atoms with van der Waals surface area (Å²) in [6.45, 7) is 1.98. The molecule has 0 amide bonds. The number of para-hydroxylation sites is 1. The predicted octanol–water partition coefficient (Wildman–Crippen LogP) is 3.39. The molecule has 0 unspecified atom stereocenters. The van der Waals surface area contributed by atoms with Crippen molar-refractivity contribution in [2.24, 2.45) is 0 Å². The summed E-state index contributed by atoms with van der Waals surface area (Å²) in [6.07, 6.45) is 1.65. The van der Waals surface area contributed by atoms with Gasteiger partial charge < -0.3 is 10.2 Å². The number of hydrogen-bond donors (Lipinski definition) is 1. The van der Waals surface area contributed by atoms with Gasteiger partial charge in [-0.15, -0.1) is 0 Å². The van der Waals surface area contributed by atoms with Crippen LogP contribution in [-0.2, 0) is 0 Å². The van der Waals surface area contributed by atoms with Crippen molar-refractivity contribution >= 4 is 16.7 Å². The van der Waals surface area contributed by atoms with E-state index in [2.05, 4.69) is 4.98 Å². The molecule has 2 aromatic heterocycles. The average molecular weight is 224 g/mol. The minimum absolute atomic E-state index is 0.669. The zero-order valence-corrected chi connectivity index (χ0v) is 9.47. The first-order valence-electron chi connectivity index (χ1n) is 5.45. The van der Waals surface area contributed by atoms with Gasteiger partial charge in [0.2, 0.25) is 0 Å². The summed E-state index contributed by atoms with van der Waals surface area (Å²) < 4.78 is 5.77. The summed E-state index contributed by atoms with van der Waals surface area (Å²) in [5.41, 5.74) is 9.09. The number of furan rings is 1. The Labute approximate surface area is 98.9 Å². The second-order valence-electron chi connectivity index (χ2n) is 4.08. The Morgan fingerprint density at radius 3 is 2.76 bits per heavy atom. The van der Waals surface area contributed by atoms with E-state index in [1.54, 1.807) is 6.20 Å². The summed E-state index contributed by atoms with van der Waals surface area (Å²) >= 11 is 0. The fraction of sp³-hybridized carbons (Fsp3) is 0.0714. The van der Waals surface area contributed by atoms with Crippen molar-refractivity contribution in [1.82, 2.24) is 4.98 Å². The van der Waals surface area contributed by atoms with E-state index >= 15 is 0 Å². The Bertz CT molecular complexity index is 653. The van der Waals surface area contributed by atoms with Gasteiger partial charge in [0.1, 0.15) is 11.3 Å². The molecule has 3 rings (SSSR count). The molecular weight excluding hydrogens is 212 g/mol. The quantitative estimate of drug-likeness (QED) is 0.689. The number of fused-ring (bicyclic) bond motifs is 1. The zero-order valence-electron chi connectivity index (χ0n) is 9.47. The molecule has 0 spiro atoms. The summed E-state index contributed by atoms with van der Waals surface area (Å²) in [5, 5.41) is 1.08. The molecule has 1 aromatic carbocycles. The third-order valence-electron chi connectivity index (χ3n) is 2.76. The van der Waals surface area contributed by atoms with Crippen LogP contribution in [0.5, 0.6) is 0 Å². The van der Waals surface area contributed by atoms with Crippen LogP contribution in [0, 0.1) is 6.92 Å². The molecule has 3 heteroatoms. The van der Waals surface area contributed by atoms with Crippen LogP contribution in [0.3, 0.4) is 0 Å². The van der Waals surface area contributed by atoms with Crippen LogP contribution >= 0.6 is 0 Å². The number of benzene rings is 1. The highest BCUT2D eigenvalue weighted by molar-refractivity contribution is 5.82. The first-order valence-corrected chi connectivity index (χ1v) is 5.45. The molecule has 84 valence electrons. The van der Waals surface area contributed by atoms with Crippen molar-refractivity contribution in [3.63, 3.8) is 0 Å². The van der Waals surface area contributed by atoms with Gasteiger partial charge >= 0.3 is 0 Å². The minimum atomic E-state index is 0.669. The van der Waals surface area contributed by atoms with Gasteiger partial charge in [-0.25, -0.2) is 0 Å². The van der Waals surface area contributed by atoms with Gasteiger partial charge in [-0.3, -0.25) is 4.98 Å². The second kappa shape index (κ2) is 3.63. The van der Waals surface area contributed by atoms with E-state index in [0.717, 1.165) is 28.0 Å². The van der Waals surface area contributed by atoms with Crippen LogP contribution < -0.4 is 5.73 Å². The van der Waals surface area contributed by atoms with Crippen LogP contribution in [0.2, 0.25) is 0 Å². The SMILES string of the molecule is Cc1cc(N)cnc1-c1cc2ccccc2o1. The van der Waals surface area contributed by atoms with Crippen molar-refractivity contribution in [2.75, 3.05) is 5.73 Å². The van der Waals surface area contributed by atoms with Gasteiger partial charge in [0, 0.05) is 5.39 Å². The van der Waals surface area contributed by atoms with Gasteiger partial charge in [0.25, 0.3) is 0 Å². The predicted molar refractivity (Wildman–Crippen MR) is 68.6 cm³/mol. The Hall–Kier alpha value is -2.29. The van der Waals surface area contributed by atoms with Crippen LogP contribution in [-0.4, -0.2) is 4.98 Å². The van der Waals surface area contributed by atoms with E-state index in [0.29, 0.717) is 5.69 Å². The summed E-state index contributed by atoms with van der Waals surface area (Å²) in [4.78, 5) is 4.32. The zero-order chi connectivity index (χ0) is 11.8. The first-order chi connectivity index (χ1) is 8.24. The lowest BCUT2D eigenvalue weighted by Gasteiger charge is -2.01. The molecule has 3 aromatic rings. The average Bonchev–Trinajstić information content (AvgIpc) is 2.72. The molecule has 0 aliphatic rings. The summed E-state index contributed by atoms with van der Waals surface area (Å²) in [7, 11) is 0. The maximum atomic E-state index is 5.77. The molecule has 0 atom stereocenters. The third kappa shape index (κ3) is 1.65. The third-order valence-corrected chi connectivity index (χ3v) is 2.76. The topological polar surface area (TPSA) is 52.0 Å². The van der Waals surface area contributed by atoms with Crippen molar-refractivity contribution in [2.45, 2.75) is 6.92 Å². The highest BCUT2D eigenvalue weighted by Gasteiger charge is 2.09. The lowest BCUT2D eigenvalue weighted by molar-refractivity contribution is 0.628. The maximum Gasteiger partial charge on any atom is 0.154 e. The van der Waals surface area contributed by atoms with Gasteiger partial charge in [-0.2, -0.15) is 0 Å². The molecule has 3 nitrogen and oxygen atoms in total. The lowest BCUT2D eigenvalue weighted by atomic mass is 10.1. The highest BCUT2D eigenvalue weighted by Crippen LogP contribution is 2.28. The van der Waals surface area contributed by atoms with Crippen molar-refractivity contribution < 1.29 is 4.42 Å². The van der Waals surface area contributed by atoms with E-state index in [4.69, 9.17) is 10.2 Å². The fourth-order valence-corrected chi connectivity index (χ4v) is 1.95. The van der Waals surface area contributed by atoms with E-state index < -0.39 is 0 Å². The molecule has 2 N–H and O–H groups in total. The van der Waals surface area contributed by atoms with Gasteiger partial charge in [0.05, 0.1) is 11.9 Å². The molecular formula is C14H12N2O.